The van der Waals surface area contributed by atoms with Crippen LogP contribution < -0.4 is 15.0 Å². The Balaban J connectivity index is 1.41. The molecule has 2 aliphatic rings. The molecule has 3 aromatic rings. The lowest BCUT2D eigenvalue weighted by Crippen LogP contribution is -2.33. The highest BCUT2D eigenvalue weighted by Crippen LogP contribution is 2.43. The van der Waals surface area contributed by atoms with Gasteiger partial charge in [-0.2, -0.15) is 0 Å². The molecule has 5 heteroatoms. The van der Waals surface area contributed by atoms with Gasteiger partial charge in [-0.05, 0) is 103 Å². The summed E-state index contributed by atoms with van der Waals surface area (Å²) >= 11 is 0. The molecule has 1 unspecified atom stereocenters. The average molecular weight is 582 g/mol. The largest absolute Gasteiger partial charge is 0.494 e. The number of hydrogen-bond donors (Lipinski definition) is 1. The lowest BCUT2D eigenvalue weighted by Gasteiger charge is -2.25. The molecule has 0 radical (unpaired) electrons. The second-order valence-corrected chi connectivity index (χ2v) is 12.4. The molecule has 2 aliphatic heterocycles. The van der Waals surface area contributed by atoms with Gasteiger partial charge < -0.3 is 15.0 Å². The van der Waals surface area contributed by atoms with Gasteiger partial charge in [0, 0.05) is 37.1 Å². The molecule has 0 aromatic heterocycles. The average Bonchev–Trinajstić information content (AvgIpc) is 3.72. The van der Waals surface area contributed by atoms with E-state index in [1.165, 1.54) is 46.3 Å². The highest BCUT2D eigenvalue weighted by molar-refractivity contribution is 5.94. The molecule has 230 valence electrons. The van der Waals surface area contributed by atoms with E-state index in [9.17, 15) is 4.79 Å². The van der Waals surface area contributed by atoms with Crippen LogP contribution in [0, 0.1) is 0 Å². The van der Waals surface area contributed by atoms with Crippen molar-refractivity contribution in [2.45, 2.75) is 91.0 Å². The number of rotatable bonds is 12. The van der Waals surface area contributed by atoms with E-state index in [2.05, 4.69) is 110 Å². The van der Waals surface area contributed by atoms with Crippen molar-refractivity contribution in [3.05, 3.63) is 88.5 Å². The number of ether oxygens (including phenoxy) is 1. The van der Waals surface area contributed by atoms with Crippen LogP contribution in [0.1, 0.15) is 106 Å². The Morgan fingerprint density at radius 1 is 0.930 bits per heavy atom. The number of para-hydroxylation sites is 1. The molecule has 3 atom stereocenters. The van der Waals surface area contributed by atoms with Crippen LogP contribution in [0.3, 0.4) is 0 Å². The summed E-state index contributed by atoms with van der Waals surface area (Å²) in [5.74, 6) is 1.87. The van der Waals surface area contributed by atoms with Crippen LogP contribution in [-0.2, 0) is 17.6 Å². The fourth-order valence-electron chi connectivity index (χ4n) is 7.03. The molecular formula is C38H51N3O2. The third-order valence-electron chi connectivity index (χ3n) is 9.71. The highest BCUT2D eigenvalue weighted by atomic mass is 16.5. The second kappa shape index (κ2) is 14.4. The number of benzene rings is 3. The number of hydrogen-bond acceptors (Lipinski definition) is 4. The number of aryl methyl sites for hydroxylation is 2. The number of carbonyl (C=O) groups excluding carboxylic acids is 1. The monoisotopic (exact) mass is 581 g/mol. The molecule has 2 saturated heterocycles. The smallest absolute Gasteiger partial charge is 0.238 e. The van der Waals surface area contributed by atoms with Crippen molar-refractivity contribution >= 4 is 17.3 Å². The number of amides is 1. The van der Waals surface area contributed by atoms with Crippen LogP contribution in [-0.4, -0.2) is 43.6 Å². The summed E-state index contributed by atoms with van der Waals surface area (Å²) in [5.41, 5.74) is 8.60. The van der Waals surface area contributed by atoms with E-state index < -0.39 is 0 Å². The van der Waals surface area contributed by atoms with Crippen LogP contribution in [0.4, 0.5) is 11.4 Å². The van der Waals surface area contributed by atoms with Crippen molar-refractivity contribution in [3.8, 4) is 5.75 Å². The summed E-state index contributed by atoms with van der Waals surface area (Å²) in [6.45, 7) is 15.0. The van der Waals surface area contributed by atoms with E-state index in [4.69, 9.17) is 4.74 Å². The van der Waals surface area contributed by atoms with Gasteiger partial charge in [0.05, 0.1) is 13.2 Å². The molecule has 5 nitrogen and oxygen atoms in total. The number of carbonyl (C=O) groups is 1. The maximum Gasteiger partial charge on any atom is 0.238 e. The summed E-state index contributed by atoms with van der Waals surface area (Å²) < 4.78 is 6.15. The van der Waals surface area contributed by atoms with Crippen LogP contribution in [0.25, 0.3) is 0 Å². The molecule has 0 saturated carbocycles. The molecule has 2 fully saturated rings. The third kappa shape index (κ3) is 7.09. The van der Waals surface area contributed by atoms with Crippen LogP contribution in [0.5, 0.6) is 5.75 Å². The van der Waals surface area contributed by atoms with Crippen molar-refractivity contribution in [2.75, 3.05) is 43.0 Å². The van der Waals surface area contributed by atoms with Gasteiger partial charge in [-0.1, -0.05) is 70.2 Å². The number of likely N-dealkylation sites (tertiary alicyclic amines) is 1. The normalized spacial score (nSPS) is 19.5. The first-order valence-electron chi connectivity index (χ1n) is 16.7. The Bertz CT molecular complexity index is 1340. The maximum atomic E-state index is 13.7. The molecule has 43 heavy (non-hydrogen) atoms. The van der Waals surface area contributed by atoms with Gasteiger partial charge in [0.2, 0.25) is 5.91 Å². The standard InChI is InChI=1S/C38H51N3O2/c1-6-27(5)34-20-17-31(24-36(34)43-9-4)32-23-35(30-15-18-33(19-16-30)40-21-10-11-22-40)41(25-32)26-37(42)39-38-28(7-2)13-12-14-29(38)8-3/h12-20,24,27,32,35H,6-11,21-23,25-26H2,1-5H3,(H,39,42)/t27?,32-,35-/m1/s1. The van der Waals surface area contributed by atoms with Crippen molar-refractivity contribution in [3.63, 3.8) is 0 Å². The second-order valence-electron chi connectivity index (χ2n) is 12.4. The Labute approximate surface area is 259 Å². The fourth-order valence-corrected chi connectivity index (χ4v) is 7.03. The summed E-state index contributed by atoms with van der Waals surface area (Å²) in [7, 11) is 0. The van der Waals surface area contributed by atoms with Crippen molar-refractivity contribution in [1.29, 1.82) is 0 Å². The van der Waals surface area contributed by atoms with Gasteiger partial charge in [0.25, 0.3) is 0 Å². The van der Waals surface area contributed by atoms with Gasteiger partial charge in [-0.3, -0.25) is 9.69 Å². The van der Waals surface area contributed by atoms with Gasteiger partial charge in [-0.15, -0.1) is 0 Å². The lowest BCUT2D eigenvalue weighted by molar-refractivity contribution is -0.117. The molecule has 0 bridgehead atoms. The highest BCUT2D eigenvalue weighted by Gasteiger charge is 2.35. The summed E-state index contributed by atoms with van der Waals surface area (Å²) in [6.07, 6.45) is 6.41. The maximum absolute atomic E-state index is 13.7. The van der Waals surface area contributed by atoms with Gasteiger partial charge in [0.15, 0.2) is 0 Å². The van der Waals surface area contributed by atoms with Gasteiger partial charge >= 0.3 is 0 Å². The lowest BCUT2D eigenvalue weighted by atomic mass is 9.90. The van der Waals surface area contributed by atoms with E-state index in [0.717, 1.165) is 56.8 Å². The number of nitrogens with one attached hydrogen (secondary N) is 1. The van der Waals surface area contributed by atoms with Crippen LogP contribution in [0.2, 0.25) is 0 Å². The SMILES string of the molecule is CCOc1cc([C@@H]2C[C@H](c3ccc(N4CCCC4)cc3)N(CC(=O)Nc3c(CC)cccc3CC)C2)ccc1C(C)CC. The minimum Gasteiger partial charge on any atom is -0.494 e. The first kappa shape index (κ1) is 31.1. The van der Waals surface area contributed by atoms with Gasteiger partial charge in [0.1, 0.15) is 5.75 Å². The Morgan fingerprint density at radius 2 is 1.60 bits per heavy atom. The third-order valence-corrected chi connectivity index (χ3v) is 9.71. The summed E-state index contributed by atoms with van der Waals surface area (Å²) in [4.78, 5) is 18.5. The van der Waals surface area contributed by atoms with Crippen molar-refractivity contribution < 1.29 is 9.53 Å². The minimum absolute atomic E-state index is 0.0667. The van der Waals surface area contributed by atoms with Crippen LogP contribution >= 0.6 is 0 Å². The zero-order valence-electron chi connectivity index (χ0n) is 27.0. The fraction of sp³-hybridized carbons (Fsp3) is 0.500. The molecule has 1 amide bonds. The predicted molar refractivity (Wildman–Crippen MR) is 180 cm³/mol. The number of nitrogens with zero attached hydrogens (tertiary/aromatic N) is 2. The number of anilines is 2. The zero-order chi connectivity index (χ0) is 30.3. The topological polar surface area (TPSA) is 44.8 Å². The molecule has 0 aliphatic carbocycles. The van der Waals surface area contributed by atoms with E-state index in [0.29, 0.717) is 25.0 Å². The molecule has 5 rings (SSSR count). The van der Waals surface area contributed by atoms with E-state index in [1.807, 2.05) is 0 Å². The molecular weight excluding hydrogens is 530 g/mol. The van der Waals surface area contributed by atoms with Crippen molar-refractivity contribution in [2.24, 2.45) is 0 Å². The Morgan fingerprint density at radius 3 is 2.23 bits per heavy atom. The van der Waals surface area contributed by atoms with Crippen molar-refractivity contribution in [1.82, 2.24) is 4.90 Å². The summed E-state index contributed by atoms with van der Waals surface area (Å²) in [5, 5.41) is 3.33. The van der Waals surface area contributed by atoms with E-state index in [1.54, 1.807) is 0 Å². The Hall–Kier alpha value is -3.31. The Kier molecular flexibility index (Phi) is 10.5. The predicted octanol–water partition coefficient (Wildman–Crippen LogP) is 8.49. The summed E-state index contributed by atoms with van der Waals surface area (Å²) in [6, 6.07) is 22.6. The first-order valence-corrected chi connectivity index (χ1v) is 16.7. The minimum atomic E-state index is 0.0667. The van der Waals surface area contributed by atoms with Crippen LogP contribution in [0.15, 0.2) is 60.7 Å². The zero-order valence-corrected chi connectivity index (χ0v) is 27.0. The van der Waals surface area contributed by atoms with E-state index in [-0.39, 0.29) is 11.9 Å². The molecule has 0 spiro atoms. The first-order chi connectivity index (χ1) is 20.9. The van der Waals surface area contributed by atoms with Gasteiger partial charge in [-0.25, -0.2) is 0 Å². The quantitative estimate of drug-likeness (QED) is 0.233. The van der Waals surface area contributed by atoms with E-state index >= 15 is 0 Å². The molecule has 1 N–H and O–H groups in total. The molecule has 2 heterocycles. The molecule has 3 aromatic carbocycles.